The number of pyridine rings is 1. The van der Waals surface area contributed by atoms with Crippen LogP contribution in [0.1, 0.15) is 40.5 Å². The fraction of sp³-hybridized carbons (Fsp3) is 0.647. The van der Waals surface area contributed by atoms with Crippen molar-refractivity contribution < 1.29 is 9.53 Å². The minimum Gasteiger partial charge on any atom is -0.444 e. The summed E-state index contributed by atoms with van der Waals surface area (Å²) in [6, 6.07) is 3.80. The maximum Gasteiger partial charge on any atom is 0.410 e. The molecule has 23 heavy (non-hydrogen) atoms. The number of piperidine rings is 1. The summed E-state index contributed by atoms with van der Waals surface area (Å²) in [5.74, 6) is 0.528. The Bertz CT molecular complexity index is 543. The van der Waals surface area contributed by atoms with Crippen LogP contribution in [0.5, 0.6) is 0 Å². The van der Waals surface area contributed by atoms with Gasteiger partial charge < -0.3 is 20.3 Å². The van der Waals surface area contributed by atoms with Gasteiger partial charge in [-0.1, -0.05) is 0 Å². The third kappa shape index (κ3) is 4.27. The molecule has 0 aliphatic carbocycles. The number of hydrogen-bond acceptors (Lipinski definition) is 5. The molecule has 0 atom stereocenters. The molecule has 1 aliphatic heterocycles. The van der Waals surface area contributed by atoms with Crippen LogP contribution in [0.2, 0.25) is 0 Å². The lowest BCUT2D eigenvalue weighted by molar-refractivity contribution is 0.00348. The van der Waals surface area contributed by atoms with Gasteiger partial charge in [0.05, 0.1) is 11.9 Å². The third-order valence-electron chi connectivity index (χ3n) is 4.45. The number of nitrogens with zero attached hydrogens (tertiary/aromatic N) is 3. The summed E-state index contributed by atoms with van der Waals surface area (Å²) < 4.78 is 5.49. The molecular weight excluding hydrogens is 292 g/mol. The van der Waals surface area contributed by atoms with E-state index < -0.39 is 5.60 Å². The van der Waals surface area contributed by atoms with Gasteiger partial charge in [0, 0.05) is 25.7 Å². The number of carbonyl (C=O) groups excluding carboxylic acids is 1. The van der Waals surface area contributed by atoms with Crippen LogP contribution in [-0.4, -0.2) is 47.3 Å². The smallest absolute Gasteiger partial charge is 0.410 e. The van der Waals surface area contributed by atoms with Crippen LogP contribution in [0.3, 0.4) is 0 Å². The fourth-order valence-corrected chi connectivity index (χ4v) is 2.72. The van der Waals surface area contributed by atoms with E-state index in [1.807, 2.05) is 40.0 Å². The van der Waals surface area contributed by atoms with Gasteiger partial charge in [-0.3, -0.25) is 0 Å². The lowest BCUT2D eigenvalue weighted by Gasteiger charge is -2.45. The van der Waals surface area contributed by atoms with Crippen LogP contribution in [0, 0.1) is 0 Å². The monoisotopic (exact) mass is 320 g/mol. The van der Waals surface area contributed by atoms with E-state index in [1.54, 1.807) is 11.1 Å². The largest absolute Gasteiger partial charge is 0.444 e. The van der Waals surface area contributed by atoms with E-state index in [9.17, 15) is 4.79 Å². The van der Waals surface area contributed by atoms with Crippen molar-refractivity contribution in [2.24, 2.45) is 0 Å². The van der Waals surface area contributed by atoms with Gasteiger partial charge in [-0.2, -0.15) is 0 Å². The first-order valence-corrected chi connectivity index (χ1v) is 8.04. The molecule has 2 N–H and O–H groups in total. The van der Waals surface area contributed by atoms with Crippen molar-refractivity contribution >= 4 is 17.6 Å². The second kappa shape index (κ2) is 6.26. The Hall–Kier alpha value is -1.98. The molecule has 0 aromatic carbocycles. The number of amides is 1. The topological polar surface area (TPSA) is 71.7 Å². The highest BCUT2D eigenvalue weighted by Gasteiger charge is 2.38. The molecule has 6 nitrogen and oxygen atoms in total. The number of hydrogen-bond donors (Lipinski definition) is 1. The van der Waals surface area contributed by atoms with Crippen molar-refractivity contribution in [1.82, 2.24) is 9.88 Å². The minimum atomic E-state index is -0.474. The molecule has 1 saturated heterocycles. The van der Waals surface area contributed by atoms with E-state index in [1.165, 1.54) is 0 Å². The van der Waals surface area contributed by atoms with Gasteiger partial charge in [-0.05, 0) is 52.7 Å². The molecule has 1 aliphatic rings. The Balaban J connectivity index is 1.98. The first-order chi connectivity index (χ1) is 10.6. The summed E-state index contributed by atoms with van der Waals surface area (Å²) in [7, 11) is 1.83. The van der Waals surface area contributed by atoms with E-state index in [-0.39, 0.29) is 11.6 Å². The lowest BCUT2D eigenvalue weighted by Crippen LogP contribution is -2.55. The number of aromatic nitrogens is 1. The van der Waals surface area contributed by atoms with E-state index in [2.05, 4.69) is 16.8 Å². The van der Waals surface area contributed by atoms with Gasteiger partial charge in [-0.25, -0.2) is 9.78 Å². The van der Waals surface area contributed by atoms with Gasteiger partial charge in [-0.15, -0.1) is 0 Å². The summed E-state index contributed by atoms with van der Waals surface area (Å²) in [6.45, 7) is 9.52. The van der Waals surface area contributed by atoms with Gasteiger partial charge in [0.15, 0.2) is 0 Å². The molecule has 1 aromatic rings. The van der Waals surface area contributed by atoms with Gasteiger partial charge in [0.2, 0.25) is 0 Å². The van der Waals surface area contributed by atoms with Crippen LogP contribution in [0.15, 0.2) is 18.3 Å². The van der Waals surface area contributed by atoms with Crippen LogP contribution in [0.25, 0.3) is 0 Å². The quantitative estimate of drug-likeness (QED) is 0.907. The van der Waals surface area contributed by atoms with Crippen LogP contribution < -0.4 is 10.6 Å². The lowest BCUT2D eigenvalue weighted by atomic mass is 9.88. The molecular formula is C17H28N4O2. The van der Waals surface area contributed by atoms with Crippen LogP contribution in [0.4, 0.5) is 16.3 Å². The summed E-state index contributed by atoms with van der Waals surface area (Å²) >= 11 is 0. The van der Waals surface area contributed by atoms with Crippen molar-refractivity contribution in [3.05, 3.63) is 18.3 Å². The van der Waals surface area contributed by atoms with E-state index >= 15 is 0 Å². The summed E-state index contributed by atoms with van der Waals surface area (Å²) in [6.07, 6.45) is 3.30. The number of nitrogens with two attached hydrogens (primary N) is 1. The summed E-state index contributed by atoms with van der Waals surface area (Å²) in [5.41, 5.74) is 6.04. The third-order valence-corrected chi connectivity index (χ3v) is 4.45. The van der Waals surface area contributed by atoms with Crippen molar-refractivity contribution in [3.8, 4) is 0 Å². The van der Waals surface area contributed by atoms with Crippen LogP contribution in [-0.2, 0) is 4.74 Å². The normalized spacial score (nSPS) is 17.7. The molecule has 0 unspecified atom stereocenters. The van der Waals surface area contributed by atoms with Crippen LogP contribution >= 0.6 is 0 Å². The predicted molar refractivity (Wildman–Crippen MR) is 92.5 cm³/mol. The second-order valence-electron chi connectivity index (χ2n) is 7.46. The van der Waals surface area contributed by atoms with E-state index in [0.717, 1.165) is 31.6 Å². The molecule has 1 amide bonds. The molecule has 128 valence electrons. The zero-order chi connectivity index (χ0) is 17.3. The molecule has 2 heterocycles. The Morgan fingerprint density at radius 3 is 2.43 bits per heavy atom. The molecule has 0 bridgehead atoms. The molecule has 1 aromatic heterocycles. The number of ether oxygens (including phenoxy) is 1. The fourth-order valence-electron chi connectivity index (χ4n) is 2.72. The second-order valence-corrected chi connectivity index (χ2v) is 7.46. The number of carbonyl (C=O) groups is 1. The highest BCUT2D eigenvalue weighted by molar-refractivity contribution is 5.69. The van der Waals surface area contributed by atoms with Crippen molar-refractivity contribution in [2.75, 3.05) is 30.8 Å². The molecule has 0 saturated carbocycles. The van der Waals surface area contributed by atoms with Gasteiger partial charge >= 0.3 is 6.09 Å². The van der Waals surface area contributed by atoms with E-state index in [4.69, 9.17) is 10.5 Å². The summed E-state index contributed by atoms with van der Waals surface area (Å²) in [5, 5.41) is 0. The Morgan fingerprint density at radius 1 is 1.35 bits per heavy atom. The zero-order valence-corrected chi connectivity index (χ0v) is 14.8. The average Bonchev–Trinajstić information content (AvgIpc) is 2.46. The first kappa shape index (κ1) is 17.4. The Labute approximate surface area is 138 Å². The number of anilines is 2. The molecule has 2 rings (SSSR count). The van der Waals surface area contributed by atoms with E-state index in [0.29, 0.717) is 5.82 Å². The highest BCUT2D eigenvalue weighted by atomic mass is 16.6. The number of nitrogen functional groups attached to an aromatic ring is 1. The maximum atomic E-state index is 12.3. The van der Waals surface area contributed by atoms with Crippen molar-refractivity contribution in [1.29, 1.82) is 0 Å². The first-order valence-electron chi connectivity index (χ1n) is 8.04. The summed E-state index contributed by atoms with van der Waals surface area (Å²) in [4.78, 5) is 20.5. The minimum absolute atomic E-state index is 0.194. The van der Waals surface area contributed by atoms with Crippen molar-refractivity contribution in [2.45, 2.75) is 51.7 Å². The number of rotatable bonds is 2. The Morgan fingerprint density at radius 2 is 1.96 bits per heavy atom. The molecule has 1 fully saturated rings. The maximum absolute atomic E-state index is 12.3. The predicted octanol–water partition coefficient (Wildman–Crippen LogP) is 2.89. The molecule has 0 spiro atoms. The SMILES string of the molecule is CN(C(=O)OC(C)(C)C)C1(C)CCN(c2ccc(N)nc2)CC1. The molecule has 0 radical (unpaired) electrons. The molecule has 6 heteroatoms. The van der Waals surface area contributed by atoms with Gasteiger partial charge in [0.25, 0.3) is 0 Å². The standard InChI is InChI=1S/C17H28N4O2/c1-16(2,3)23-15(22)20(5)17(4)8-10-21(11-9-17)13-6-7-14(18)19-12-13/h6-7,12H,8-11H2,1-5H3,(H2,18,19). The van der Waals surface area contributed by atoms with Gasteiger partial charge in [0.1, 0.15) is 11.4 Å². The average molecular weight is 320 g/mol. The Kier molecular flexibility index (Phi) is 4.73. The highest BCUT2D eigenvalue weighted by Crippen LogP contribution is 2.31. The van der Waals surface area contributed by atoms with Crippen molar-refractivity contribution in [3.63, 3.8) is 0 Å². The zero-order valence-electron chi connectivity index (χ0n) is 14.8.